The lowest BCUT2D eigenvalue weighted by Crippen LogP contribution is -2.27. The van der Waals surface area contributed by atoms with E-state index in [1.165, 1.54) is 5.56 Å². The molecule has 3 aromatic rings. The van der Waals surface area contributed by atoms with E-state index in [-0.39, 0.29) is 11.8 Å². The van der Waals surface area contributed by atoms with Crippen molar-refractivity contribution >= 4 is 11.6 Å². The van der Waals surface area contributed by atoms with Crippen LogP contribution in [0.3, 0.4) is 0 Å². The monoisotopic (exact) mass is 293 g/mol. The number of aromatic nitrogens is 2. The van der Waals surface area contributed by atoms with Crippen LogP contribution >= 0.6 is 0 Å². The average molecular weight is 293 g/mol. The number of fused-ring (bicyclic) bond motifs is 1. The summed E-state index contributed by atoms with van der Waals surface area (Å²) in [4.78, 5) is 16.6. The van der Waals surface area contributed by atoms with E-state index in [4.69, 9.17) is 0 Å². The molecule has 2 aromatic heterocycles. The second-order valence-corrected chi connectivity index (χ2v) is 5.62. The first-order chi connectivity index (χ1) is 10.6. The van der Waals surface area contributed by atoms with Crippen molar-refractivity contribution < 1.29 is 4.79 Å². The molecule has 0 aliphatic rings. The van der Waals surface area contributed by atoms with E-state index in [9.17, 15) is 4.79 Å². The maximum Gasteiger partial charge on any atom is 0.271 e. The fourth-order valence-corrected chi connectivity index (χ4v) is 2.43. The average Bonchev–Trinajstić information content (AvgIpc) is 2.96. The molecule has 0 saturated carbocycles. The Bertz CT molecular complexity index is 792. The molecule has 0 fully saturated rings. The van der Waals surface area contributed by atoms with Gasteiger partial charge in [-0.25, -0.2) is 4.98 Å². The molecule has 0 aliphatic carbocycles. The van der Waals surface area contributed by atoms with Crippen molar-refractivity contribution in [2.75, 3.05) is 6.54 Å². The van der Waals surface area contributed by atoms with E-state index in [0.29, 0.717) is 12.2 Å². The van der Waals surface area contributed by atoms with Crippen molar-refractivity contribution in [1.82, 2.24) is 14.7 Å². The maximum absolute atomic E-state index is 12.2. The molecule has 4 heteroatoms. The van der Waals surface area contributed by atoms with E-state index < -0.39 is 0 Å². The van der Waals surface area contributed by atoms with Crippen LogP contribution in [0.4, 0.5) is 0 Å². The van der Waals surface area contributed by atoms with Crippen molar-refractivity contribution in [2.24, 2.45) is 0 Å². The zero-order valence-electron chi connectivity index (χ0n) is 12.8. The molecule has 0 bridgehead atoms. The topological polar surface area (TPSA) is 46.4 Å². The molecule has 0 spiro atoms. The molecule has 0 saturated heterocycles. The second-order valence-electron chi connectivity index (χ2n) is 5.62. The highest BCUT2D eigenvalue weighted by Gasteiger charge is 2.12. The van der Waals surface area contributed by atoms with E-state index >= 15 is 0 Å². The highest BCUT2D eigenvalue weighted by molar-refractivity contribution is 5.92. The maximum atomic E-state index is 12.2. The molecule has 1 N–H and O–H groups in total. The Morgan fingerprint density at radius 3 is 2.82 bits per heavy atom. The Hall–Kier alpha value is -2.62. The molecular weight excluding hydrogens is 274 g/mol. The summed E-state index contributed by atoms with van der Waals surface area (Å²) in [5.74, 6) is 0.133. The third-order valence-electron chi connectivity index (χ3n) is 3.79. The van der Waals surface area contributed by atoms with Crippen molar-refractivity contribution in [1.29, 1.82) is 0 Å². The third kappa shape index (κ3) is 3.01. The predicted molar refractivity (Wildman–Crippen MR) is 87.1 cm³/mol. The number of carbonyl (C=O) groups is 1. The molecule has 0 aliphatic heterocycles. The third-order valence-corrected chi connectivity index (χ3v) is 3.79. The van der Waals surface area contributed by atoms with Gasteiger partial charge in [0.1, 0.15) is 11.3 Å². The van der Waals surface area contributed by atoms with Crippen molar-refractivity contribution in [3.05, 3.63) is 71.7 Å². The Morgan fingerprint density at radius 1 is 1.27 bits per heavy atom. The SMILES string of the molecule is Cc1ccn2cc(C(=O)NC[C@@H](C)c3ccccc3)nc2c1. The molecule has 22 heavy (non-hydrogen) atoms. The lowest BCUT2D eigenvalue weighted by Gasteiger charge is -2.12. The zero-order chi connectivity index (χ0) is 15.5. The molecule has 2 heterocycles. The fourth-order valence-electron chi connectivity index (χ4n) is 2.43. The molecule has 4 nitrogen and oxygen atoms in total. The van der Waals surface area contributed by atoms with Gasteiger partial charge in [-0.2, -0.15) is 0 Å². The van der Waals surface area contributed by atoms with Crippen LogP contribution in [-0.4, -0.2) is 21.8 Å². The summed E-state index contributed by atoms with van der Waals surface area (Å²) in [7, 11) is 0. The van der Waals surface area contributed by atoms with Crippen LogP contribution in [0.5, 0.6) is 0 Å². The Balaban J connectivity index is 1.68. The molecule has 1 aromatic carbocycles. The van der Waals surface area contributed by atoms with Crippen LogP contribution in [0.1, 0.15) is 34.5 Å². The van der Waals surface area contributed by atoms with Crippen LogP contribution in [0.25, 0.3) is 5.65 Å². The largest absolute Gasteiger partial charge is 0.350 e. The van der Waals surface area contributed by atoms with Gasteiger partial charge >= 0.3 is 0 Å². The first-order valence-corrected chi connectivity index (χ1v) is 7.42. The van der Waals surface area contributed by atoms with Crippen molar-refractivity contribution in [3.63, 3.8) is 0 Å². The first-order valence-electron chi connectivity index (χ1n) is 7.42. The zero-order valence-corrected chi connectivity index (χ0v) is 12.8. The fraction of sp³-hybridized carbons (Fsp3) is 0.222. The summed E-state index contributed by atoms with van der Waals surface area (Å²) in [6.07, 6.45) is 3.68. The van der Waals surface area contributed by atoms with Gasteiger partial charge in [0.05, 0.1) is 0 Å². The molecule has 112 valence electrons. The number of rotatable bonds is 4. The molecule has 1 amide bonds. The van der Waals surface area contributed by atoms with E-state index in [0.717, 1.165) is 11.2 Å². The second kappa shape index (κ2) is 6.02. The van der Waals surface area contributed by atoms with Gasteiger partial charge in [0, 0.05) is 18.9 Å². The minimum Gasteiger partial charge on any atom is -0.350 e. The Kier molecular flexibility index (Phi) is 3.92. The highest BCUT2D eigenvalue weighted by atomic mass is 16.1. The number of amides is 1. The number of hydrogen-bond donors (Lipinski definition) is 1. The number of aryl methyl sites for hydroxylation is 1. The van der Waals surface area contributed by atoms with Gasteiger partial charge in [0.15, 0.2) is 0 Å². The highest BCUT2D eigenvalue weighted by Crippen LogP contribution is 2.13. The minimum atomic E-state index is -0.135. The van der Waals surface area contributed by atoms with Gasteiger partial charge < -0.3 is 9.72 Å². The van der Waals surface area contributed by atoms with Gasteiger partial charge in [0.25, 0.3) is 5.91 Å². The molecular formula is C18H19N3O. The molecule has 0 unspecified atom stereocenters. The smallest absolute Gasteiger partial charge is 0.271 e. The van der Waals surface area contributed by atoms with Crippen molar-refractivity contribution in [3.8, 4) is 0 Å². The Morgan fingerprint density at radius 2 is 2.05 bits per heavy atom. The van der Waals surface area contributed by atoms with E-state index in [2.05, 4.69) is 29.4 Å². The number of benzene rings is 1. The number of nitrogens with one attached hydrogen (secondary N) is 1. The van der Waals surface area contributed by atoms with Gasteiger partial charge in [0.2, 0.25) is 0 Å². The van der Waals surface area contributed by atoms with Crippen LogP contribution in [-0.2, 0) is 0 Å². The summed E-state index contributed by atoms with van der Waals surface area (Å²) < 4.78 is 1.86. The van der Waals surface area contributed by atoms with Crippen LogP contribution < -0.4 is 5.32 Å². The van der Waals surface area contributed by atoms with E-state index in [1.807, 2.05) is 47.9 Å². The van der Waals surface area contributed by atoms with Crippen LogP contribution in [0, 0.1) is 6.92 Å². The van der Waals surface area contributed by atoms with Gasteiger partial charge in [-0.15, -0.1) is 0 Å². The quantitative estimate of drug-likeness (QED) is 0.803. The summed E-state index contributed by atoms with van der Waals surface area (Å²) in [5.41, 5.74) is 3.59. The normalized spacial score (nSPS) is 12.3. The number of nitrogens with zero attached hydrogens (tertiary/aromatic N) is 2. The lowest BCUT2D eigenvalue weighted by molar-refractivity contribution is 0.0947. The summed E-state index contributed by atoms with van der Waals surface area (Å²) in [6, 6.07) is 14.1. The van der Waals surface area contributed by atoms with Crippen LogP contribution in [0.2, 0.25) is 0 Å². The molecule has 0 radical (unpaired) electrons. The summed E-state index contributed by atoms with van der Waals surface area (Å²) in [5, 5.41) is 2.96. The van der Waals surface area contributed by atoms with Crippen LogP contribution in [0.15, 0.2) is 54.9 Å². The van der Waals surface area contributed by atoms with Crippen molar-refractivity contribution in [2.45, 2.75) is 19.8 Å². The minimum absolute atomic E-state index is 0.135. The Labute approximate surface area is 129 Å². The number of hydrogen-bond acceptors (Lipinski definition) is 2. The number of pyridine rings is 1. The van der Waals surface area contributed by atoms with E-state index in [1.54, 1.807) is 6.20 Å². The molecule has 3 rings (SSSR count). The predicted octanol–water partition coefficient (Wildman–Crippen LogP) is 3.18. The standard InChI is InChI=1S/C18H19N3O/c1-13-8-9-21-12-16(20-17(21)10-13)18(22)19-11-14(2)15-6-4-3-5-7-15/h3-10,12,14H,11H2,1-2H3,(H,19,22)/t14-/m1/s1. The number of imidazole rings is 1. The van der Waals surface area contributed by atoms with Gasteiger partial charge in [-0.05, 0) is 36.1 Å². The molecule has 1 atom stereocenters. The first kappa shape index (κ1) is 14.3. The summed E-state index contributed by atoms with van der Waals surface area (Å²) in [6.45, 7) is 4.70. The lowest BCUT2D eigenvalue weighted by atomic mass is 10.0. The summed E-state index contributed by atoms with van der Waals surface area (Å²) >= 11 is 0. The van der Waals surface area contributed by atoms with Gasteiger partial charge in [-0.3, -0.25) is 4.79 Å². The van der Waals surface area contributed by atoms with Gasteiger partial charge in [-0.1, -0.05) is 37.3 Å². The number of carbonyl (C=O) groups excluding carboxylic acids is 1.